The Bertz CT molecular complexity index is 269. The summed E-state index contributed by atoms with van der Waals surface area (Å²) in [5.74, 6) is -0.281. The molecular weight excluding hydrogens is 170 g/mol. The molecule has 0 saturated carbocycles. The fourth-order valence-electron chi connectivity index (χ4n) is 1.25. The van der Waals surface area contributed by atoms with Gasteiger partial charge in [0.1, 0.15) is 6.10 Å². The molecule has 0 aromatic rings. The fourth-order valence-corrected chi connectivity index (χ4v) is 1.25. The number of rotatable bonds is 2. The molecule has 2 unspecified atom stereocenters. The van der Waals surface area contributed by atoms with Crippen LogP contribution in [0.15, 0.2) is 17.3 Å². The van der Waals surface area contributed by atoms with Crippen LogP contribution in [-0.2, 0) is 9.53 Å². The van der Waals surface area contributed by atoms with Crippen LogP contribution in [0.5, 0.6) is 0 Å². The molecule has 0 aromatic heterocycles. The smallest absolute Gasteiger partial charge is 0.303 e. The summed E-state index contributed by atoms with van der Waals surface area (Å²) in [6.07, 6.45) is 4.85. The first kappa shape index (κ1) is 9.61. The normalized spacial score (nSPS) is 26.2. The third-order valence-corrected chi connectivity index (χ3v) is 1.81. The molecule has 0 saturated heterocycles. The predicted octanol–water partition coefficient (Wildman–Crippen LogP) is 1.95. The summed E-state index contributed by atoms with van der Waals surface area (Å²) >= 11 is 0. The van der Waals surface area contributed by atoms with E-state index in [1.165, 1.54) is 6.92 Å². The maximum Gasteiger partial charge on any atom is 0.303 e. The van der Waals surface area contributed by atoms with Gasteiger partial charge in [0.25, 0.3) is 0 Å². The van der Waals surface area contributed by atoms with E-state index in [4.69, 9.17) is 10.3 Å². The lowest BCUT2D eigenvalue weighted by molar-refractivity contribution is -0.144. The van der Waals surface area contributed by atoms with E-state index < -0.39 is 0 Å². The topological polar surface area (TPSA) is 75.1 Å². The van der Waals surface area contributed by atoms with Crippen molar-refractivity contribution in [2.75, 3.05) is 0 Å². The Hall–Kier alpha value is -1.48. The van der Waals surface area contributed by atoms with Gasteiger partial charge in [-0.2, -0.15) is 0 Å². The van der Waals surface area contributed by atoms with Crippen molar-refractivity contribution < 1.29 is 9.53 Å². The van der Waals surface area contributed by atoms with Gasteiger partial charge in [-0.1, -0.05) is 11.2 Å². The monoisotopic (exact) mass is 181 g/mol. The highest BCUT2D eigenvalue weighted by Crippen LogP contribution is 2.16. The Morgan fingerprint density at radius 2 is 2.38 bits per heavy atom. The molecule has 0 spiro atoms. The van der Waals surface area contributed by atoms with Crippen molar-refractivity contribution in [1.29, 1.82) is 0 Å². The Balaban J connectivity index is 2.46. The van der Waals surface area contributed by atoms with Crippen LogP contribution in [0.25, 0.3) is 10.4 Å². The van der Waals surface area contributed by atoms with E-state index in [1.54, 1.807) is 12.2 Å². The summed E-state index contributed by atoms with van der Waals surface area (Å²) < 4.78 is 4.96. The molecular formula is C8H11N3O2. The van der Waals surface area contributed by atoms with Gasteiger partial charge < -0.3 is 4.74 Å². The van der Waals surface area contributed by atoms with Gasteiger partial charge in [-0.3, -0.25) is 4.79 Å². The van der Waals surface area contributed by atoms with Gasteiger partial charge in [-0.15, -0.1) is 0 Å². The second kappa shape index (κ2) is 4.52. The average Bonchev–Trinajstić information content (AvgIpc) is 2.08. The molecule has 0 amide bonds. The van der Waals surface area contributed by atoms with Crippen molar-refractivity contribution in [1.82, 2.24) is 0 Å². The lowest BCUT2D eigenvalue weighted by Gasteiger charge is -2.19. The SMILES string of the molecule is CC(=O)OC1C=CC(N=[N+]=[N-])CC1. The van der Waals surface area contributed by atoms with Crippen molar-refractivity contribution in [3.8, 4) is 0 Å². The minimum absolute atomic E-state index is 0.0863. The molecule has 0 aliphatic heterocycles. The molecule has 1 rings (SSSR count). The zero-order valence-corrected chi connectivity index (χ0v) is 7.38. The van der Waals surface area contributed by atoms with Crippen LogP contribution in [-0.4, -0.2) is 18.1 Å². The zero-order valence-electron chi connectivity index (χ0n) is 7.38. The van der Waals surface area contributed by atoms with Gasteiger partial charge in [-0.25, -0.2) is 0 Å². The highest BCUT2D eigenvalue weighted by molar-refractivity contribution is 5.66. The first-order valence-electron chi connectivity index (χ1n) is 4.12. The van der Waals surface area contributed by atoms with E-state index in [9.17, 15) is 4.79 Å². The van der Waals surface area contributed by atoms with Gasteiger partial charge in [0.15, 0.2) is 0 Å². The number of hydrogen-bond donors (Lipinski definition) is 0. The third-order valence-electron chi connectivity index (χ3n) is 1.81. The molecule has 0 N–H and O–H groups in total. The molecule has 0 heterocycles. The summed E-state index contributed by atoms with van der Waals surface area (Å²) in [5.41, 5.74) is 8.17. The fraction of sp³-hybridized carbons (Fsp3) is 0.625. The number of hydrogen-bond acceptors (Lipinski definition) is 3. The second-order valence-electron chi connectivity index (χ2n) is 2.88. The molecule has 5 heteroatoms. The summed E-state index contributed by atoms with van der Waals surface area (Å²) in [4.78, 5) is 13.3. The number of carbonyl (C=O) groups excluding carboxylic acids is 1. The summed E-state index contributed by atoms with van der Waals surface area (Å²) in [6, 6.07) is -0.0863. The molecule has 0 radical (unpaired) electrons. The minimum atomic E-state index is -0.281. The van der Waals surface area contributed by atoms with E-state index in [-0.39, 0.29) is 18.1 Å². The van der Waals surface area contributed by atoms with Crippen molar-refractivity contribution in [3.63, 3.8) is 0 Å². The van der Waals surface area contributed by atoms with Crippen LogP contribution in [0.3, 0.4) is 0 Å². The first-order chi connectivity index (χ1) is 6.22. The van der Waals surface area contributed by atoms with E-state index in [1.807, 2.05) is 0 Å². The molecule has 13 heavy (non-hydrogen) atoms. The third kappa shape index (κ3) is 3.17. The molecule has 1 aliphatic rings. The number of ether oxygens (including phenoxy) is 1. The lowest BCUT2D eigenvalue weighted by Crippen LogP contribution is -2.20. The molecule has 0 fully saturated rings. The number of carbonyl (C=O) groups is 1. The largest absolute Gasteiger partial charge is 0.458 e. The Kier molecular flexibility index (Phi) is 3.34. The van der Waals surface area contributed by atoms with Gasteiger partial charge in [0.05, 0.1) is 6.04 Å². The highest BCUT2D eigenvalue weighted by atomic mass is 16.5. The predicted molar refractivity (Wildman–Crippen MR) is 46.9 cm³/mol. The molecule has 1 aliphatic carbocycles. The highest BCUT2D eigenvalue weighted by Gasteiger charge is 2.16. The summed E-state index contributed by atoms with van der Waals surface area (Å²) in [7, 11) is 0. The van der Waals surface area contributed by atoms with Gasteiger partial charge in [0, 0.05) is 11.8 Å². The van der Waals surface area contributed by atoms with Gasteiger partial charge in [-0.05, 0) is 24.4 Å². The Morgan fingerprint density at radius 3 is 2.85 bits per heavy atom. The molecule has 70 valence electrons. The first-order valence-corrected chi connectivity index (χ1v) is 4.12. The molecule has 0 aromatic carbocycles. The minimum Gasteiger partial charge on any atom is -0.458 e. The van der Waals surface area contributed by atoms with Crippen LogP contribution >= 0.6 is 0 Å². The van der Waals surface area contributed by atoms with E-state index in [2.05, 4.69) is 10.0 Å². The molecule has 0 bridgehead atoms. The number of azide groups is 1. The molecule has 2 atom stereocenters. The van der Waals surface area contributed by atoms with Crippen LogP contribution in [0, 0.1) is 0 Å². The number of esters is 1. The van der Waals surface area contributed by atoms with Crippen molar-refractivity contribution >= 4 is 5.97 Å². The van der Waals surface area contributed by atoms with E-state index in [0.29, 0.717) is 0 Å². The van der Waals surface area contributed by atoms with Crippen LogP contribution in [0.4, 0.5) is 0 Å². The maximum absolute atomic E-state index is 10.6. The maximum atomic E-state index is 10.6. The Morgan fingerprint density at radius 1 is 1.62 bits per heavy atom. The molecule has 5 nitrogen and oxygen atoms in total. The van der Waals surface area contributed by atoms with Crippen LogP contribution in [0.1, 0.15) is 19.8 Å². The second-order valence-corrected chi connectivity index (χ2v) is 2.88. The number of nitrogens with zero attached hydrogens (tertiary/aromatic N) is 3. The van der Waals surface area contributed by atoms with Crippen molar-refractivity contribution in [2.24, 2.45) is 5.11 Å². The summed E-state index contributed by atoms with van der Waals surface area (Å²) in [5, 5.41) is 3.55. The quantitative estimate of drug-likeness (QED) is 0.214. The average molecular weight is 181 g/mol. The standard InChI is InChI=1S/C8H11N3O2/c1-6(12)13-8-4-2-7(3-5-8)10-11-9/h2,4,7-8H,3,5H2,1H3. The van der Waals surface area contributed by atoms with Crippen LogP contribution in [0.2, 0.25) is 0 Å². The van der Waals surface area contributed by atoms with Crippen molar-refractivity contribution in [3.05, 3.63) is 22.6 Å². The van der Waals surface area contributed by atoms with E-state index in [0.717, 1.165) is 12.8 Å². The zero-order chi connectivity index (χ0) is 9.68. The summed E-state index contributed by atoms with van der Waals surface area (Å²) in [6.45, 7) is 1.38. The Labute approximate surface area is 76.0 Å². The van der Waals surface area contributed by atoms with Crippen molar-refractivity contribution in [2.45, 2.75) is 31.9 Å². The van der Waals surface area contributed by atoms with Crippen LogP contribution < -0.4 is 0 Å². The lowest BCUT2D eigenvalue weighted by atomic mass is 10.0. The van der Waals surface area contributed by atoms with E-state index >= 15 is 0 Å². The van der Waals surface area contributed by atoms with Gasteiger partial charge >= 0.3 is 5.97 Å². The van der Waals surface area contributed by atoms with Gasteiger partial charge in [0.2, 0.25) is 0 Å².